The number of nitrogens with zero attached hydrogens (tertiary/aromatic N) is 2. The molecule has 0 aliphatic carbocycles. The van der Waals surface area contributed by atoms with Crippen molar-refractivity contribution in [3.8, 4) is 0 Å². The Morgan fingerprint density at radius 3 is 2.44 bits per heavy atom. The van der Waals surface area contributed by atoms with Crippen LogP contribution in [0.25, 0.3) is 0 Å². The van der Waals surface area contributed by atoms with Crippen molar-refractivity contribution in [3.63, 3.8) is 0 Å². The molecule has 1 aromatic rings. The highest BCUT2D eigenvalue weighted by Crippen LogP contribution is 1.98. The lowest BCUT2D eigenvalue weighted by atomic mass is 10.3. The van der Waals surface area contributed by atoms with Crippen LogP contribution in [0.2, 0.25) is 0 Å². The lowest BCUT2D eigenvalue weighted by Crippen LogP contribution is -3.00. The van der Waals surface area contributed by atoms with Gasteiger partial charge in [-0.1, -0.05) is 0 Å². The molecule has 0 aliphatic rings. The van der Waals surface area contributed by atoms with Gasteiger partial charge in [0.25, 0.3) is 0 Å². The fraction of sp³-hybridized carbons (Fsp3) is 0.500. The van der Waals surface area contributed by atoms with E-state index < -0.39 is 0 Å². The zero-order valence-corrected chi connectivity index (χ0v) is 15.5. The van der Waals surface area contributed by atoms with Crippen LogP contribution >= 0.6 is 0 Å². The van der Waals surface area contributed by atoms with Crippen molar-refractivity contribution in [1.82, 2.24) is 0 Å². The molecule has 1 aromatic heterocycles. The molecule has 0 radical (unpaired) electrons. The number of hydrogen-bond donors (Lipinski definition) is 0. The number of esters is 1. The molecule has 0 spiro atoms. The van der Waals surface area contributed by atoms with Gasteiger partial charge in [-0.15, -0.1) is 0 Å². The number of aromatic nitrogens is 1. The number of carbonyl (C=O) groups is 1. The number of carbonyl (C=O) groups excluding carboxylic acids is 1. The number of halogens is 2. The molecule has 1 heterocycles. The summed E-state index contributed by atoms with van der Waals surface area (Å²) < 4.78 is 7.81. The second-order valence-corrected chi connectivity index (χ2v) is 4.91. The van der Waals surface area contributed by atoms with Crippen molar-refractivity contribution in [2.24, 2.45) is 7.05 Å². The predicted octanol–water partition coefficient (Wildman–Crippen LogP) is -5.62. The third kappa shape index (κ3) is 8.20. The van der Waals surface area contributed by atoms with Gasteiger partial charge < -0.3 is 57.2 Å². The number of pyridine rings is 1. The number of hydrogen-bond acceptors (Lipinski definition) is 2. The minimum absolute atomic E-state index is 0. The maximum absolute atomic E-state index is 11.6. The first-order valence-corrected chi connectivity index (χ1v) is 5.31. The van der Waals surface area contributed by atoms with E-state index in [-0.39, 0.29) is 53.9 Å². The van der Waals surface area contributed by atoms with E-state index in [1.807, 2.05) is 23.9 Å². The topological polar surface area (TPSA) is 30.2 Å². The van der Waals surface area contributed by atoms with Gasteiger partial charge in [-0.05, 0) is 6.07 Å². The summed E-state index contributed by atoms with van der Waals surface area (Å²) >= 11 is 0. The normalized spacial score (nSPS) is 10.0. The van der Waals surface area contributed by atoms with Crippen molar-refractivity contribution >= 4 is 5.97 Å². The summed E-state index contributed by atoms with van der Waals surface area (Å²) in [6.45, 7) is 1.26. The number of rotatable bonds is 4. The SMILES string of the molecule is C[n+]1cccc(C(=O)OCC[N+](C)(C)C)c1.[I-].[I-]. The Labute approximate surface area is 143 Å². The van der Waals surface area contributed by atoms with Gasteiger partial charge in [-0.3, -0.25) is 0 Å². The molecule has 0 saturated carbocycles. The van der Waals surface area contributed by atoms with Crippen LogP contribution in [0.4, 0.5) is 0 Å². The summed E-state index contributed by atoms with van der Waals surface area (Å²) in [6.07, 6.45) is 3.64. The number of quaternary nitrogens is 1. The Kier molecular flexibility index (Phi) is 10.2. The summed E-state index contributed by atoms with van der Waals surface area (Å²) in [5.41, 5.74) is 0.589. The van der Waals surface area contributed by atoms with Gasteiger partial charge in [0.15, 0.2) is 12.4 Å². The average molecular weight is 478 g/mol. The molecule has 104 valence electrons. The molecule has 6 heteroatoms. The first kappa shape index (κ1) is 20.4. The first-order chi connectivity index (χ1) is 7.38. The Hall–Kier alpha value is 0.0400. The average Bonchev–Trinajstić information content (AvgIpc) is 2.15. The lowest BCUT2D eigenvalue weighted by molar-refractivity contribution is -0.870. The Morgan fingerprint density at radius 1 is 1.33 bits per heavy atom. The second kappa shape index (κ2) is 9.03. The Bertz CT molecular complexity index is 379. The molecule has 0 fully saturated rings. The van der Waals surface area contributed by atoms with Crippen molar-refractivity contribution < 1.29 is 66.5 Å². The number of aryl methyl sites for hydroxylation is 1. The molecule has 0 atom stereocenters. The second-order valence-electron chi connectivity index (χ2n) is 4.91. The maximum atomic E-state index is 11.6. The molecule has 0 unspecified atom stereocenters. The fourth-order valence-corrected chi connectivity index (χ4v) is 1.20. The van der Waals surface area contributed by atoms with Crippen molar-refractivity contribution in [1.29, 1.82) is 0 Å². The van der Waals surface area contributed by atoms with Gasteiger partial charge in [0.1, 0.15) is 25.8 Å². The van der Waals surface area contributed by atoms with Gasteiger partial charge in [-0.25, -0.2) is 9.36 Å². The predicted molar refractivity (Wildman–Crippen MR) is 60.8 cm³/mol. The highest BCUT2D eigenvalue weighted by molar-refractivity contribution is 5.88. The van der Waals surface area contributed by atoms with E-state index in [4.69, 9.17) is 4.74 Å². The molecular weight excluding hydrogens is 458 g/mol. The fourth-order valence-electron chi connectivity index (χ4n) is 1.20. The first-order valence-electron chi connectivity index (χ1n) is 5.31. The zero-order valence-electron chi connectivity index (χ0n) is 11.2. The monoisotopic (exact) mass is 478 g/mol. The number of likely N-dealkylation sites (N-methyl/N-ethyl adjacent to an activating group) is 1. The van der Waals surface area contributed by atoms with E-state index >= 15 is 0 Å². The molecule has 0 N–H and O–H groups in total. The lowest BCUT2D eigenvalue weighted by Gasteiger charge is -2.23. The Balaban J connectivity index is 0. The maximum Gasteiger partial charge on any atom is 0.344 e. The third-order valence-electron chi connectivity index (χ3n) is 2.17. The van der Waals surface area contributed by atoms with E-state index in [9.17, 15) is 4.79 Å². The molecule has 0 saturated heterocycles. The van der Waals surface area contributed by atoms with Crippen LogP contribution in [0.5, 0.6) is 0 Å². The van der Waals surface area contributed by atoms with E-state index in [0.29, 0.717) is 12.2 Å². The van der Waals surface area contributed by atoms with Crippen LogP contribution in [0, 0.1) is 0 Å². The molecule has 0 aromatic carbocycles. The molecule has 0 aliphatic heterocycles. The van der Waals surface area contributed by atoms with Gasteiger partial charge in [0.05, 0.1) is 21.1 Å². The third-order valence-corrected chi connectivity index (χ3v) is 2.17. The summed E-state index contributed by atoms with van der Waals surface area (Å²) in [5.74, 6) is -0.260. The van der Waals surface area contributed by atoms with Crippen molar-refractivity contribution in [2.45, 2.75) is 0 Å². The standard InChI is InChI=1S/C12H20N2O2.2HI/c1-13-7-5-6-11(10-13)12(15)16-9-8-14(2,3)4;;/h5-7,10H,8-9H2,1-4H3;2*1H/q+2;;/p-2. The van der Waals surface area contributed by atoms with Crippen LogP contribution in [-0.4, -0.2) is 44.7 Å². The molecule has 0 amide bonds. The van der Waals surface area contributed by atoms with Crippen LogP contribution < -0.4 is 52.5 Å². The molecular formula is C12H20I2N2O2. The van der Waals surface area contributed by atoms with E-state index in [2.05, 4.69) is 21.1 Å². The highest BCUT2D eigenvalue weighted by atomic mass is 127. The minimum Gasteiger partial charge on any atom is -1.00 e. The van der Waals surface area contributed by atoms with Crippen LogP contribution in [0.3, 0.4) is 0 Å². The largest absolute Gasteiger partial charge is 1.00 e. The summed E-state index contributed by atoms with van der Waals surface area (Å²) in [4.78, 5) is 11.6. The zero-order chi connectivity index (χ0) is 12.2. The van der Waals surface area contributed by atoms with Crippen LogP contribution in [0.1, 0.15) is 10.4 Å². The smallest absolute Gasteiger partial charge is 0.344 e. The van der Waals surface area contributed by atoms with E-state index in [1.165, 1.54) is 0 Å². The molecule has 4 nitrogen and oxygen atoms in total. The quantitative estimate of drug-likeness (QED) is 0.187. The van der Waals surface area contributed by atoms with E-state index in [1.54, 1.807) is 12.3 Å². The van der Waals surface area contributed by atoms with Gasteiger partial charge >= 0.3 is 5.97 Å². The van der Waals surface area contributed by atoms with Crippen molar-refractivity contribution in [3.05, 3.63) is 30.1 Å². The number of ether oxygens (including phenoxy) is 1. The molecule has 1 rings (SSSR count). The van der Waals surface area contributed by atoms with Gasteiger partial charge in [-0.2, -0.15) is 0 Å². The van der Waals surface area contributed by atoms with Crippen LogP contribution in [-0.2, 0) is 11.8 Å². The highest BCUT2D eigenvalue weighted by Gasteiger charge is 2.13. The summed E-state index contributed by atoms with van der Waals surface area (Å²) in [7, 11) is 8.08. The minimum atomic E-state index is -0.260. The van der Waals surface area contributed by atoms with Crippen LogP contribution in [0.15, 0.2) is 24.5 Å². The van der Waals surface area contributed by atoms with Gasteiger partial charge in [0, 0.05) is 6.07 Å². The van der Waals surface area contributed by atoms with Gasteiger partial charge in [0.2, 0.25) is 0 Å². The summed E-state index contributed by atoms with van der Waals surface area (Å²) in [6, 6.07) is 3.59. The van der Waals surface area contributed by atoms with Crippen molar-refractivity contribution in [2.75, 3.05) is 34.3 Å². The summed E-state index contributed by atoms with van der Waals surface area (Å²) in [5, 5.41) is 0. The molecule has 18 heavy (non-hydrogen) atoms. The Morgan fingerprint density at radius 2 is 1.94 bits per heavy atom. The molecule has 0 bridgehead atoms. The van der Waals surface area contributed by atoms with E-state index in [0.717, 1.165) is 11.0 Å².